The zero-order chi connectivity index (χ0) is 13.5. The first-order valence-corrected chi connectivity index (χ1v) is 6.40. The van der Waals surface area contributed by atoms with Crippen LogP contribution in [0.1, 0.15) is 32.9 Å². The van der Waals surface area contributed by atoms with Gasteiger partial charge in [-0.15, -0.1) is 0 Å². The van der Waals surface area contributed by atoms with Crippen molar-refractivity contribution in [3.05, 3.63) is 18.2 Å². The van der Waals surface area contributed by atoms with Gasteiger partial charge in [-0.05, 0) is 12.3 Å². The summed E-state index contributed by atoms with van der Waals surface area (Å²) in [5, 5.41) is 3.24. The molecule has 0 aliphatic carbocycles. The monoisotopic (exact) mass is 253 g/mol. The standard InChI is InChI=1S/C13H23N3O2/c1-5-6-16-9-14-7-11(16)8-15-12(10(2)3)13(17)18-4/h7,9-10,12,15H,5-6,8H2,1-4H3. The molecule has 0 aliphatic rings. The largest absolute Gasteiger partial charge is 0.468 e. The second-order valence-electron chi connectivity index (χ2n) is 4.70. The van der Waals surface area contributed by atoms with Crippen LogP contribution in [0.2, 0.25) is 0 Å². The highest BCUT2D eigenvalue weighted by Crippen LogP contribution is 2.06. The molecule has 0 bridgehead atoms. The van der Waals surface area contributed by atoms with Crippen molar-refractivity contribution in [2.24, 2.45) is 5.92 Å². The van der Waals surface area contributed by atoms with Crippen molar-refractivity contribution in [2.75, 3.05) is 7.11 Å². The maximum absolute atomic E-state index is 11.6. The molecule has 0 spiro atoms. The number of ether oxygens (including phenoxy) is 1. The third kappa shape index (κ3) is 3.84. The number of carbonyl (C=O) groups excluding carboxylic acids is 1. The fourth-order valence-corrected chi connectivity index (χ4v) is 1.87. The van der Waals surface area contributed by atoms with Gasteiger partial charge in [0, 0.05) is 19.3 Å². The molecule has 1 unspecified atom stereocenters. The quantitative estimate of drug-likeness (QED) is 0.750. The van der Waals surface area contributed by atoms with Crippen molar-refractivity contribution in [1.29, 1.82) is 0 Å². The molecule has 5 nitrogen and oxygen atoms in total. The molecule has 18 heavy (non-hydrogen) atoms. The number of aromatic nitrogens is 2. The smallest absolute Gasteiger partial charge is 0.323 e. The van der Waals surface area contributed by atoms with Crippen molar-refractivity contribution in [1.82, 2.24) is 14.9 Å². The maximum Gasteiger partial charge on any atom is 0.323 e. The van der Waals surface area contributed by atoms with Crippen molar-refractivity contribution in [2.45, 2.75) is 46.3 Å². The molecule has 1 aromatic rings. The third-order valence-electron chi connectivity index (χ3n) is 2.89. The molecule has 0 fully saturated rings. The first kappa shape index (κ1) is 14.7. The van der Waals surface area contributed by atoms with Gasteiger partial charge in [0.25, 0.3) is 0 Å². The van der Waals surface area contributed by atoms with E-state index in [9.17, 15) is 4.79 Å². The molecule has 1 aromatic heterocycles. The summed E-state index contributed by atoms with van der Waals surface area (Å²) in [6.45, 7) is 7.69. The van der Waals surface area contributed by atoms with Crippen LogP contribution in [0, 0.1) is 5.92 Å². The highest BCUT2D eigenvalue weighted by molar-refractivity contribution is 5.75. The SMILES string of the molecule is CCCn1cncc1CNC(C(=O)OC)C(C)C. The Morgan fingerprint density at radius 3 is 2.83 bits per heavy atom. The second-order valence-corrected chi connectivity index (χ2v) is 4.70. The molecule has 1 rings (SSSR count). The van der Waals surface area contributed by atoms with Gasteiger partial charge in [0.05, 0.1) is 19.1 Å². The number of hydrogen-bond donors (Lipinski definition) is 1. The molecule has 0 saturated heterocycles. The molecule has 1 atom stereocenters. The van der Waals surface area contributed by atoms with Gasteiger partial charge in [-0.1, -0.05) is 20.8 Å². The molecular weight excluding hydrogens is 230 g/mol. The summed E-state index contributed by atoms with van der Waals surface area (Å²) in [6.07, 6.45) is 4.72. The Balaban J connectivity index is 2.61. The second kappa shape index (κ2) is 7.16. The van der Waals surface area contributed by atoms with Crippen LogP contribution < -0.4 is 5.32 Å². The van der Waals surface area contributed by atoms with Gasteiger partial charge in [0.1, 0.15) is 6.04 Å². The maximum atomic E-state index is 11.6. The van der Waals surface area contributed by atoms with Gasteiger partial charge in [-0.2, -0.15) is 0 Å². The van der Waals surface area contributed by atoms with Gasteiger partial charge in [-0.25, -0.2) is 4.98 Å². The van der Waals surface area contributed by atoms with Crippen LogP contribution in [0.15, 0.2) is 12.5 Å². The number of nitrogens with one attached hydrogen (secondary N) is 1. The summed E-state index contributed by atoms with van der Waals surface area (Å²) in [6, 6.07) is -0.278. The lowest BCUT2D eigenvalue weighted by Gasteiger charge is -2.20. The van der Waals surface area contributed by atoms with Crippen molar-refractivity contribution in [3.8, 4) is 0 Å². The van der Waals surface area contributed by atoms with Crippen LogP contribution in [-0.2, 0) is 22.6 Å². The van der Waals surface area contributed by atoms with Gasteiger partial charge >= 0.3 is 5.97 Å². The summed E-state index contributed by atoms with van der Waals surface area (Å²) < 4.78 is 6.90. The molecule has 0 aliphatic heterocycles. The van der Waals surface area contributed by atoms with Crippen LogP contribution in [0.3, 0.4) is 0 Å². The Morgan fingerprint density at radius 2 is 2.28 bits per heavy atom. The fraction of sp³-hybridized carbons (Fsp3) is 0.692. The first-order valence-electron chi connectivity index (χ1n) is 6.40. The zero-order valence-corrected chi connectivity index (χ0v) is 11.6. The number of nitrogens with zero attached hydrogens (tertiary/aromatic N) is 2. The van der Waals surface area contributed by atoms with Gasteiger partial charge in [0.15, 0.2) is 0 Å². The third-order valence-corrected chi connectivity index (χ3v) is 2.89. The highest BCUT2D eigenvalue weighted by atomic mass is 16.5. The topological polar surface area (TPSA) is 56.2 Å². The summed E-state index contributed by atoms with van der Waals surface area (Å²) in [5.74, 6) is -0.0217. The normalized spacial score (nSPS) is 12.7. The van der Waals surface area contributed by atoms with E-state index in [0.29, 0.717) is 6.54 Å². The van der Waals surface area contributed by atoms with Gasteiger partial charge in [0.2, 0.25) is 0 Å². The van der Waals surface area contributed by atoms with E-state index in [1.54, 1.807) is 0 Å². The lowest BCUT2D eigenvalue weighted by Crippen LogP contribution is -2.41. The molecule has 0 radical (unpaired) electrons. The van der Waals surface area contributed by atoms with E-state index in [4.69, 9.17) is 4.74 Å². The molecule has 0 saturated carbocycles. The Kier molecular flexibility index (Phi) is 5.85. The molecule has 0 amide bonds. The Labute approximate surface area is 109 Å². The van der Waals surface area contributed by atoms with E-state index in [1.165, 1.54) is 7.11 Å². The van der Waals surface area contributed by atoms with E-state index in [-0.39, 0.29) is 17.9 Å². The zero-order valence-electron chi connectivity index (χ0n) is 11.6. The molecular formula is C13H23N3O2. The van der Waals surface area contributed by atoms with Crippen LogP contribution >= 0.6 is 0 Å². The number of hydrogen-bond acceptors (Lipinski definition) is 4. The average molecular weight is 253 g/mol. The number of esters is 1. The van der Waals surface area contributed by atoms with E-state index >= 15 is 0 Å². The Hall–Kier alpha value is -1.36. The van der Waals surface area contributed by atoms with Crippen molar-refractivity contribution in [3.63, 3.8) is 0 Å². The number of rotatable bonds is 7. The summed E-state index contributed by atoms with van der Waals surface area (Å²) in [5.41, 5.74) is 1.09. The van der Waals surface area contributed by atoms with E-state index in [2.05, 4.69) is 21.8 Å². The lowest BCUT2D eigenvalue weighted by atomic mass is 10.0. The van der Waals surface area contributed by atoms with E-state index < -0.39 is 0 Å². The first-order chi connectivity index (χ1) is 8.60. The van der Waals surface area contributed by atoms with Crippen LogP contribution in [0.25, 0.3) is 0 Å². The van der Waals surface area contributed by atoms with Crippen molar-refractivity contribution >= 4 is 5.97 Å². The van der Waals surface area contributed by atoms with Crippen LogP contribution in [-0.4, -0.2) is 28.7 Å². The van der Waals surface area contributed by atoms with E-state index in [0.717, 1.165) is 18.7 Å². The summed E-state index contributed by atoms with van der Waals surface area (Å²) >= 11 is 0. The predicted molar refractivity (Wildman–Crippen MR) is 70.0 cm³/mol. The number of aryl methyl sites for hydroxylation is 1. The van der Waals surface area contributed by atoms with Gasteiger partial charge < -0.3 is 9.30 Å². The minimum Gasteiger partial charge on any atom is -0.468 e. The van der Waals surface area contributed by atoms with Crippen molar-refractivity contribution < 1.29 is 9.53 Å². The molecule has 1 heterocycles. The van der Waals surface area contributed by atoms with Gasteiger partial charge in [-0.3, -0.25) is 10.1 Å². The molecule has 5 heteroatoms. The Bertz CT molecular complexity index is 374. The molecule has 1 N–H and O–H groups in total. The predicted octanol–water partition coefficient (Wildman–Crippen LogP) is 1.58. The number of methoxy groups -OCH3 is 1. The minimum absolute atomic E-state index is 0.194. The number of imidazole rings is 1. The fourth-order valence-electron chi connectivity index (χ4n) is 1.87. The highest BCUT2D eigenvalue weighted by Gasteiger charge is 2.22. The molecule has 102 valence electrons. The van der Waals surface area contributed by atoms with Crippen LogP contribution in [0.4, 0.5) is 0 Å². The minimum atomic E-state index is -0.278. The van der Waals surface area contributed by atoms with E-state index in [1.807, 2.05) is 26.4 Å². The molecule has 0 aromatic carbocycles. The summed E-state index contributed by atoms with van der Waals surface area (Å²) in [7, 11) is 1.42. The lowest BCUT2D eigenvalue weighted by molar-refractivity contribution is -0.144. The Morgan fingerprint density at radius 1 is 1.56 bits per heavy atom. The summed E-state index contributed by atoms with van der Waals surface area (Å²) in [4.78, 5) is 15.8. The average Bonchev–Trinajstić information content (AvgIpc) is 2.77. The van der Waals surface area contributed by atoms with Crippen LogP contribution in [0.5, 0.6) is 0 Å². The number of carbonyl (C=O) groups is 1.